The quantitative estimate of drug-likeness (QED) is 0.666. The lowest BCUT2D eigenvalue weighted by molar-refractivity contribution is 0.628. The fourth-order valence-electron chi connectivity index (χ4n) is 1.81. The van der Waals surface area contributed by atoms with Crippen molar-refractivity contribution in [1.29, 1.82) is 5.41 Å². The first-order valence-electron chi connectivity index (χ1n) is 5.62. The van der Waals surface area contributed by atoms with E-state index < -0.39 is 0 Å². The number of hydrogen-bond donors (Lipinski definition) is 2. The zero-order chi connectivity index (χ0) is 14.0. The van der Waals surface area contributed by atoms with E-state index >= 15 is 0 Å². The molecule has 0 saturated heterocycles. The van der Waals surface area contributed by atoms with Gasteiger partial charge in [0.1, 0.15) is 11.7 Å². The Labute approximate surface area is 115 Å². The van der Waals surface area contributed by atoms with E-state index in [-0.39, 0.29) is 11.7 Å². The van der Waals surface area contributed by atoms with Crippen LogP contribution in [0.3, 0.4) is 0 Å². The third-order valence-corrected chi connectivity index (χ3v) is 3.06. The Morgan fingerprint density at radius 1 is 1.21 bits per heavy atom. The molecular formula is C14H13ClFN3. The number of amidine groups is 1. The van der Waals surface area contributed by atoms with Gasteiger partial charge in [0.25, 0.3) is 0 Å². The average molecular weight is 278 g/mol. The Morgan fingerprint density at radius 2 is 1.84 bits per heavy atom. The molecule has 0 bridgehead atoms. The number of nitrogens with one attached hydrogen (secondary N) is 1. The van der Waals surface area contributed by atoms with Gasteiger partial charge in [-0.05, 0) is 42.5 Å². The molecule has 3 nitrogen and oxygen atoms in total. The molecule has 0 heterocycles. The van der Waals surface area contributed by atoms with Gasteiger partial charge in [0.15, 0.2) is 0 Å². The van der Waals surface area contributed by atoms with Crippen LogP contribution in [0.15, 0.2) is 42.5 Å². The van der Waals surface area contributed by atoms with Crippen molar-refractivity contribution in [2.24, 2.45) is 5.73 Å². The maximum Gasteiger partial charge on any atom is 0.124 e. The van der Waals surface area contributed by atoms with Crippen molar-refractivity contribution in [2.45, 2.75) is 0 Å². The van der Waals surface area contributed by atoms with Crippen molar-refractivity contribution in [3.63, 3.8) is 0 Å². The first kappa shape index (κ1) is 13.4. The summed E-state index contributed by atoms with van der Waals surface area (Å²) in [5.74, 6) is -0.337. The van der Waals surface area contributed by atoms with E-state index in [2.05, 4.69) is 0 Å². The summed E-state index contributed by atoms with van der Waals surface area (Å²) >= 11 is 5.98. The van der Waals surface area contributed by atoms with Gasteiger partial charge in [0.2, 0.25) is 0 Å². The summed E-state index contributed by atoms with van der Waals surface area (Å²) in [5.41, 5.74) is 7.62. The standard InChI is InChI=1S/C14H13ClFN3/c1-19(11-5-3-10(16)4-6-11)13-8-9(15)2-7-12(13)14(17)18/h2-8H,1H3,(H3,17,18). The van der Waals surface area contributed by atoms with E-state index in [0.717, 1.165) is 5.69 Å². The minimum Gasteiger partial charge on any atom is -0.384 e. The van der Waals surface area contributed by atoms with Gasteiger partial charge in [-0.25, -0.2) is 4.39 Å². The van der Waals surface area contributed by atoms with E-state index in [4.69, 9.17) is 22.7 Å². The SMILES string of the molecule is CN(c1ccc(F)cc1)c1cc(Cl)ccc1C(=N)N. The third-order valence-electron chi connectivity index (χ3n) is 2.83. The van der Waals surface area contributed by atoms with Gasteiger partial charge in [-0.1, -0.05) is 11.6 Å². The van der Waals surface area contributed by atoms with Crippen LogP contribution in [0.5, 0.6) is 0 Å². The van der Waals surface area contributed by atoms with Gasteiger partial charge in [0, 0.05) is 23.3 Å². The van der Waals surface area contributed by atoms with Gasteiger partial charge in [-0.3, -0.25) is 5.41 Å². The Balaban J connectivity index is 2.48. The molecule has 0 aliphatic heterocycles. The first-order chi connectivity index (χ1) is 8.99. The van der Waals surface area contributed by atoms with Crippen molar-refractivity contribution in [2.75, 3.05) is 11.9 Å². The summed E-state index contributed by atoms with van der Waals surface area (Å²) in [5, 5.41) is 8.13. The van der Waals surface area contributed by atoms with Crippen LogP contribution in [-0.2, 0) is 0 Å². The number of hydrogen-bond acceptors (Lipinski definition) is 2. The van der Waals surface area contributed by atoms with Crippen LogP contribution in [0.2, 0.25) is 5.02 Å². The van der Waals surface area contributed by atoms with Crippen LogP contribution >= 0.6 is 11.6 Å². The fourth-order valence-corrected chi connectivity index (χ4v) is 1.98. The van der Waals surface area contributed by atoms with E-state index in [1.807, 2.05) is 11.9 Å². The van der Waals surface area contributed by atoms with Crippen molar-refractivity contribution in [1.82, 2.24) is 0 Å². The van der Waals surface area contributed by atoms with Crippen LogP contribution in [0.4, 0.5) is 15.8 Å². The van der Waals surface area contributed by atoms with Crippen molar-refractivity contribution >= 4 is 28.8 Å². The van der Waals surface area contributed by atoms with Crippen LogP contribution < -0.4 is 10.6 Å². The van der Waals surface area contributed by atoms with Crippen LogP contribution in [0.25, 0.3) is 0 Å². The minimum atomic E-state index is -0.296. The van der Waals surface area contributed by atoms with E-state index in [0.29, 0.717) is 16.3 Å². The molecule has 2 rings (SSSR count). The maximum atomic E-state index is 12.9. The molecule has 2 aromatic rings. The smallest absolute Gasteiger partial charge is 0.124 e. The van der Waals surface area contributed by atoms with Gasteiger partial charge in [-0.2, -0.15) is 0 Å². The van der Waals surface area contributed by atoms with Gasteiger partial charge in [0.05, 0.1) is 5.69 Å². The van der Waals surface area contributed by atoms with Crippen LogP contribution in [-0.4, -0.2) is 12.9 Å². The third kappa shape index (κ3) is 2.85. The van der Waals surface area contributed by atoms with Gasteiger partial charge >= 0.3 is 0 Å². The second-order valence-electron chi connectivity index (χ2n) is 4.11. The Bertz CT molecular complexity index is 611. The normalized spacial score (nSPS) is 10.3. The number of anilines is 2. The molecule has 0 aliphatic rings. The highest BCUT2D eigenvalue weighted by Gasteiger charge is 2.12. The molecule has 0 aliphatic carbocycles. The summed E-state index contributed by atoms with van der Waals surface area (Å²) in [6.45, 7) is 0. The molecule has 0 fully saturated rings. The Kier molecular flexibility index (Phi) is 3.71. The Hall–Kier alpha value is -2.07. The highest BCUT2D eigenvalue weighted by Crippen LogP contribution is 2.29. The molecular weight excluding hydrogens is 265 g/mol. The van der Waals surface area contributed by atoms with Crippen molar-refractivity contribution in [3.8, 4) is 0 Å². The highest BCUT2D eigenvalue weighted by atomic mass is 35.5. The molecule has 3 N–H and O–H groups in total. The maximum absolute atomic E-state index is 12.9. The van der Waals surface area contributed by atoms with Crippen LogP contribution in [0.1, 0.15) is 5.56 Å². The predicted octanol–water partition coefficient (Wildman–Crippen LogP) is 3.53. The largest absolute Gasteiger partial charge is 0.384 e. The van der Waals surface area contributed by atoms with E-state index in [9.17, 15) is 4.39 Å². The van der Waals surface area contributed by atoms with Crippen LogP contribution in [0, 0.1) is 11.2 Å². The fraction of sp³-hybridized carbons (Fsp3) is 0.0714. The average Bonchev–Trinajstić information content (AvgIpc) is 2.38. The summed E-state index contributed by atoms with van der Waals surface area (Å²) in [4.78, 5) is 1.81. The molecule has 0 amide bonds. The lowest BCUT2D eigenvalue weighted by atomic mass is 10.1. The monoisotopic (exact) mass is 277 g/mol. The lowest BCUT2D eigenvalue weighted by Gasteiger charge is -2.22. The number of benzene rings is 2. The Morgan fingerprint density at radius 3 is 2.42 bits per heavy atom. The number of nitrogens with two attached hydrogens (primary N) is 1. The predicted molar refractivity (Wildman–Crippen MR) is 76.9 cm³/mol. The summed E-state index contributed by atoms with van der Waals surface area (Å²) < 4.78 is 12.9. The lowest BCUT2D eigenvalue weighted by Crippen LogP contribution is -2.18. The number of halogens is 2. The number of rotatable bonds is 3. The summed E-state index contributed by atoms with van der Waals surface area (Å²) in [6, 6.07) is 11.2. The van der Waals surface area contributed by atoms with Crippen molar-refractivity contribution in [3.05, 3.63) is 58.9 Å². The molecule has 0 aromatic heterocycles. The molecule has 2 aromatic carbocycles. The molecule has 19 heavy (non-hydrogen) atoms. The molecule has 0 radical (unpaired) electrons. The highest BCUT2D eigenvalue weighted by molar-refractivity contribution is 6.31. The minimum absolute atomic E-state index is 0.0411. The number of nitrogens with zero attached hydrogens (tertiary/aromatic N) is 1. The summed E-state index contributed by atoms with van der Waals surface area (Å²) in [6.07, 6.45) is 0. The van der Waals surface area contributed by atoms with Gasteiger partial charge in [-0.15, -0.1) is 0 Å². The second kappa shape index (κ2) is 5.28. The second-order valence-corrected chi connectivity index (χ2v) is 4.55. The van der Waals surface area contributed by atoms with Crippen molar-refractivity contribution < 1.29 is 4.39 Å². The topological polar surface area (TPSA) is 53.1 Å². The van der Waals surface area contributed by atoms with E-state index in [1.54, 1.807) is 30.3 Å². The molecule has 5 heteroatoms. The molecule has 98 valence electrons. The zero-order valence-electron chi connectivity index (χ0n) is 10.3. The molecule has 0 unspecified atom stereocenters. The summed E-state index contributed by atoms with van der Waals surface area (Å²) in [7, 11) is 1.81. The molecule has 0 saturated carbocycles. The van der Waals surface area contributed by atoms with E-state index in [1.165, 1.54) is 12.1 Å². The molecule has 0 spiro atoms. The zero-order valence-corrected chi connectivity index (χ0v) is 11.1. The van der Waals surface area contributed by atoms with Gasteiger partial charge < -0.3 is 10.6 Å². The number of nitrogen functional groups attached to an aromatic ring is 1. The first-order valence-corrected chi connectivity index (χ1v) is 6.00. The molecule has 0 atom stereocenters.